The van der Waals surface area contributed by atoms with Gasteiger partial charge in [0.15, 0.2) is 5.96 Å². The largest absolute Gasteiger partial charge is 0.354 e. The number of benzene rings is 1. The molecule has 0 saturated carbocycles. The molecule has 0 amide bonds. The average molecular weight is 454 g/mol. The number of nitrogens with zero attached hydrogens (tertiary/aromatic N) is 1. The molecule has 0 aliphatic carbocycles. The summed E-state index contributed by atoms with van der Waals surface area (Å²) in [6, 6.07) is 2.13. The van der Waals surface area contributed by atoms with Gasteiger partial charge in [-0.3, -0.25) is 5.41 Å². The lowest BCUT2D eigenvalue weighted by Crippen LogP contribution is -2.30. The first-order chi connectivity index (χ1) is 8.73. The molecule has 6 heteroatoms. The Labute approximate surface area is 139 Å². The van der Waals surface area contributed by atoms with Gasteiger partial charge in [0.25, 0.3) is 0 Å². The molecule has 1 aromatic carbocycles. The lowest BCUT2D eigenvalue weighted by Gasteiger charge is -2.27. The summed E-state index contributed by atoms with van der Waals surface area (Å²) < 4.78 is 3.03. The van der Waals surface area contributed by atoms with Gasteiger partial charge in [-0.1, -0.05) is 20.8 Å². The highest BCUT2D eigenvalue weighted by atomic mass is 79.9. The predicted molar refractivity (Wildman–Crippen MR) is 91.3 cm³/mol. The van der Waals surface area contributed by atoms with Crippen LogP contribution in [0.5, 0.6) is 0 Å². The quantitative estimate of drug-likeness (QED) is 0.609. The van der Waals surface area contributed by atoms with Gasteiger partial charge in [0, 0.05) is 22.0 Å². The van der Waals surface area contributed by atoms with Crippen molar-refractivity contribution in [2.45, 2.75) is 26.2 Å². The molecule has 0 atom stereocenters. The van der Waals surface area contributed by atoms with Gasteiger partial charge in [0.1, 0.15) is 0 Å². The summed E-state index contributed by atoms with van der Waals surface area (Å²) in [7, 11) is 0. The van der Waals surface area contributed by atoms with Crippen LogP contribution in [0.4, 0.5) is 5.69 Å². The van der Waals surface area contributed by atoms with Crippen LogP contribution in [0.1, 0.15) is 26.3 Å². The SMILES string of the molecule is CC(C)(C)c1cc(Br)c(Br)c(N2CCNC2=N)c1Br. The van der Waals surface area contributed by atoms with Crippen LogP contribution in [0.15, 0.2) is 19.5 Å². The van der Waals surface area contributed by atoms with E-state index in [0.717, 1.165) is 32.2 Å². The molecule has 1 saturated heterocycles. The molecular formula is C13H16Br3N3. The molecule has 2 N–H and O–H groups in total. The number of rotatable bonds is 1. The Morgan fingerprint density at radius 2 is 1.84 bits per heavy atom. The predicted octanol–water partition coefficient (Wildman–Crippen LogP) is 4.62. The van der Waals surface area contributed by atoms with Crippen molar-refractivity contribution in [1.82, 2.24) is 5.32 Å². The number of nitrogens with one attached hydrogen (secondary N) is 2. The lowest BCUT2D eigenvalue weighted by atomic mass is 9.87. The van der Waals surface area contributed by atoms with Gasteiger partial charge in [0.05, 0.1) is 10.2 Å². The van der Waals surface area contributed by atoms with Crippen LogP contribution in [-0.4, -0.2) is 19.0 Å². The zero-order valence-corrected chi connectivity index (χ0v) is 15.8. The molecule has 0 unspecified atom stereocenters. The fourth-order valence-electron chi connectivity index (χ4n) is 2.09. The van der Waals surface area contributed by atoms with E-state index in [4.69, 9.17) is 5.41 Å². The molecule has 2 rings (SSSR count). The van der Waals surface area contributed by atoms with E-state index in [0.29, 0.717) is 5.96 Å². The standard InChI is InChI=1S/C13H16Br3N3/c1-13(2,3)7-6-8(14)10(16)11(9(7)15)19-5-4-18-12(19)17/h6H,4-5H2,1-3H3,(H2,17,18). The van der Waals surface area contributed by atoms with E-state index in [2.05, 4.69) is 79.9 Å². The Morgan fingerprint density at radius 3 is 2.32 bits per heavy atom. The zero-order chi connectivity index (χ0) is 14.4. The molecule has 0 spiro atoms. The summed E-state index contributed by atoms with van der Waals surface area (Å²) in [4.78, 5) is 1.98. The molecule has 3 nitrogen and oxygen atoms in total. The molecule has 104 valence electrons. The highest BCUT2D eigenvalue weighted by molar-refractivity contribution is 9.13. The van der Waals surface area contributed by atoms with Gasteiger partial charge in [-0.25, -0.2) is 0 Å². The van der Waals surface area contributed by atoms with Crippen molar-refractivity contribution in [3.63, 3.8) is 0 Å². The van der Waals surface area contributed by atoms with Gasteiger partial charge in [-0.05, 0) is 64.8 Å². The maximum atomic E-state index is 7.99. The fourth-order valence-corrected chi connectivity index (χ4v) is 4.42. The Bertz CT molecular complexity index is 535. The highest BCUT2D eigenvalue weighted by Gasteiger charge is 2.28. The minimum absolute atomic E-state index is 0.0339. The normalized spacial score (nSPS) is 15.9. The molecule has 19 heavy (non-hydrogen) atoms. The third kappa shape index (κ3) is 2.85. The molecule has 1 heterocycles. The second kappa shape index (κ2) is 5.37. The van der Waals surface area contributed by atoms with Crippen molar-refractivity contribution in [2.75, 3.05) is 18.0 Å². The third-order valence-corrected chi connectivity index (χ3v) is 5.87. The number of hydrogen-bond donors (Lipinski definition) is 2. The zero-order valence-electron chi connectivity index (χ0n) is 11.1. The Hall–Kier alpha value is -0.0700. The highest BCUT2D eigenvalue weighted by Crippen LogP contribution is 2.45. The third-order valence-electron chi connectivity index (χ3n) is 3.11. The topological polar surface area (TPSA) is 39.1 Å². The summed E-state index contributed by atoms with van der Waals surface area (Å²) in [6.07, 6.45) is 0. The van der Waals surface area contributed by atoms with Crippen molar-refractivity contribution in [2.24, 2.45) is 0 Å². The Kier molecular flexibility index (Phi) is 4.33. The van der Waals surface area contributed by atoms with Gasteiger partial charge in [-0.15, -0.1) is 0 Å². The number of anilines is 1. The van der Waals surface area contributed by atoms with Crippen LogP contribution in [0.2, 0.25) is 0 Å². The number of hydrogen-bond acceptors (Lipinski definition) is 1. The smallest absolute Gasteiger partial charge is 0.195 e. The maximum absolute atomic E-state index is 7.99. The molecule has 0 bridgehead atoms. The van der Waals surface area contributed by atoms with E-state index in [1.165, 1.54) is 5.56 Å². The number of guanidine groups is 1. The molecular weight excluding hydrogens is 438 g/mol. The summed E-state index contributed by atoms with van der Waals surface area (Å²) in [5.74, 6) is 0.444. The minimum atomic E-state index is 0.0339. The van der Waals surface area contributed by atoms with E-state index in [1.54, 1.807) is 0 Å². The van der Waals surface area contributed by atoms with Crippen LogP contribution in [0.25, 0.3) is 0 Å². The Morgan fingerprint density at radius 1 is 1.21 bits per heavy atom. The van der Waals surface area contributed by atoms with E-state index in [-0.39, 0.29) is 5.41 Å². The van der Waals surface area contributed by atoms with Gasteiger partial charge >= 0.3 is 0 Å². The maximum Gasteiger partial charge on any atom is 0.195 e. The minimum Gasteiger partial charge on any atom is -0.354 e. The van der Waals surface area contributed by atoms with Crippen LogP contribution in [0.3, 0.4) is 0 Å². The van der Waals surface area contributed by atoms with Crippen molar-refractivity contribution in [3.8, 4) is 0 Å². The van der Waals surface area contributed by atoms with E-state index in [1.807, 2.05) is 4.90 Å². The van der Waals surface area contributed by atoms with Crippen molar-refractivity contribution >= 4 is 59.4 Å². The summed E-state index contributed by atoms with van der Waals surface area (Å²) in [5.41, 5.74) is 2.26. The molecule has 1 aliphatic rings. The number of halogens is 3. The molecule has 1 aromatic rings. The summed E-state index contributed by atoms with van der Waals surface area (Å²) in [5, 5.41) is 11.0. The molecule has 0 radical (unpaired) electrons. The van der Waals surface area contributed by atoms with Crippen molar-refractivity contribution < 1.29 is 0 Å². The van der Waals surface area contributed by atoms with Gasteiger partial charge in [-0.2, -0.15) is 0 Å². The Balaban J connectivity index is 2.66. The summed E-state index contributed by atoms with van der Waals surface area (Å²) >= 11 is 11.0. The van der Waals surface area contributed by atoms with Crippen LogP contribution >= 0.6 is 47.8 Å². The van der Waals surface area contributed by atoms with Crippen LogP contribution < -0.4 is 10.2 Å². The second-order valence-electron chi connectivity index (χ2n) is 5.56. The molecule has 1 fully saturated rings. The van der Waals surface area contributed by atoms with E-state index in [9.17, 15) is 0 Å². The first-order valence-corrected chi connectivity index (χ1v) is 8.39. The molecule has 0 aromatic heterocycles. The van der Waals surface area contributed by atoms with Gasteiger partial charge < -0.3 is 10.2 Å². The van der Waals surface area contributed by atoms with Crippen molar-refractivity contribution in [1.29, 1.82) is 5.41 Å². The lowest BCUT2D eigenvalue weighted by molar-refractivity contribution is 0.586. The summed E-state index contributed by atoms with van der Waals surface area (Å²) in [6.45, 7) is 8.16. The monoisotopic (exact) mass is 451 g/mol. The second-order valence-corrected chi connectivity index (χ2v) is 8.00. The fraction of sp³-hybridized carbons (Fsp3) is 0.462. The average Bonchev–Trinajstić information content (AvgIpc) is 2.69. The van der Waals surface area contributed by atoms with E-state index < -0.39 is 0 Å². The van der Waals surface area contributed by atoms with E-state index >= 15 is 0 Å². The van der Waals surface area contributed by atoms with Gasteiger partial charge in [0.2, 0.25) is 0 Å². The van der Waals surface area contributed by atoms with Crippen molar-refractivity contribution in [3.05, 3.63) is 25.0 Å². The first-order valence-electron chi connectivity index (χ1n) is 6.01. The first kappa shape index (κ1) is 15.3. The molecule has 1 aliphatic heterocycles. The van der Waals surface area contributed by atoms with Crippen LogP contribution in [-0.2, 0) is 5.41 Å². The van der Waals surface area contributed by atoms with Crippen LogP contribution in [0, 0.1) is 5.41 Å².